The summed E-state index contributed by atoms with van der Waals surface area (Å²) >= 11 is 0. The van der Waals surface area contributed by atoms with Gasteiger partial charge in [0.05, 0.1) is 16.8 Å². The number of nitrogens with zero attached hydrogens (tertiary/aromatic N) is 1. The molecule has 1 N–H and O–H groups in total. The molecule has 1 saturated heterocycles. The van der Waals surface area contributed by atoms with Gasteiger partial charge in [-0.15, -0.1) is 0 Å². The van der Waals surface area contributed by atoms with Crippen LogP contribution in [0.25, 0.3) is 0 Å². The Bertz CT molecular complexity index is 570. The lowest BCUT2D eigenvalue weighted by Gasteiger charge is -2.32. The highest BCUT2D eigenvalue weighted by atomic mass is 16.7. The van der Waals surface area contributed by atoms with Gasteiger partial charge in [0, 0.05) is 12.6 Å². The fourth-order valence-electron chi connectivity index (χ4n) is 1.98. The minimum Gasteiger partial charge on any atom is -0.398 e. The lowest BCUT2D eigenvalue weighted by Crippen LogP contribution is -2.41. The highest BCUT2D eigenvalue weighted by molar-refractivity contribution is 6.61. The predicted molar refractivity (Wildman–Crippen MR) is 78.7 cm³/mol. The van der Waals surface area contributed by atoms with Crippen molar-refractivity contribution in [1.82, 2.24) is 10.3 Å². The van der Waals surface area contributed by atoms with Crippen LogP contribution in [0.5, 0.6) is 0 Å². The van der Waals surface area contributed by atoms with E-state index in [-0.39, 0.29) is 11.3 Å². The van der Waals surface area contributed by atoms with Gasteiger partial charge in [-0.1, -0.05) is 0 Å². The monoisotopic (exact) mass is 290 g/mol. The SMILES string of the molecule is CNC(=O)c1nc(B2OC(C)(C)C(C)(C)O2)ccc1C=O. The van der Waals surface area contributed by atoms with E-state index in [4.69, 9.17) is 9.31 Å². The molecule has 6 nitrogen and oxygen atoms in total. The van der Waals surface area contributed by atoms with Crippen LogP contribution in [-0.4, -0.2) is 42.5 Å². The lowest BCUT2D eigenvalue weighted by atomic mass is 9.83. The zero-order valence-corrected chi connectivity index (χ0v) is 12.9. The molecule has 0 saturated carbocycles. The van der Waals surface area contributed by atoms with Crippen molar-refractivity contribution >= 4 is 24.9 Å². The van der Waals surface area contributed by atoms with E-state index in [2.05, 4.69) is 10.3 Å². The first kappa shape index (κ1) is 15.7. The fraction of sp³-hybridized carbons (Fsp3) is 0.500. The molecule has 1 aliphatic rings. The van der Waals surface area contributed by atoms with Crippen LogP contribution >= 0.6 is 0 Å². The molecule has 0 aromatic carbocycles. The molecule has 0 bridgehead atoms. The smallest absolute Gasteiger partial charge is 0.398 e. The highest BCUT2D eigenvalue weighted by Gasteiger charge is 2.52. The summed E-state index contributed by atoms with van der Waals surface area (Å²) in [6.45, 7) is 7.75. The molecule has 0 atom stereocenters. The molecule has 112 valence electrons. The van der Waals surface area contributed by atoms with Crippen LogP contribution in [0.15, 0.2) is 12.1 Å². The summed E-state index contributed by atoms with van der Waals surface area (Å²) in [7, 11) is 0.819. The Balaban J connectivity index is 2.39. The van der Waals surface area contributed by atoms with E-state index in [1.807, 2.05) is 27.7 Å². The first-order valence-electron chi connectivity index (χ1n) is 6.75. The second-order valence-corrected chi connectivity index (χ2v) is 5.96. The summed E-state index contributed by atoms with van der Waals surface area (Å²) in [4.78, 5) is 27.0. The van der Waals surface area contributed by atoms with Gasteiger partial charge in [-0.3, -0.25) is 14.6 Å². The summed E-state index contributed by atoms with van der Waals surface area (Å²) in [5.41, 5.74) is -0.210. The van der Waals surface area contributed by atoms with Gasteiger partial charge in [-0.05, 0) is 39.8 Å². The van der Waals surface area contributed by atoms with E-state index in [1.165, 1.54) is 7.05 Å². The van der Waals surface area contributed by atoms with Gasteiger partial charge in [0.2, 0.25) is 0 Å². The van der Waals surface area contributed by atoms with Gasteiger partial charge in [-0.25, -0.2) is 0 Å². The number of amides is 1. The number of pyridine rings is 1. The molecule has 21 heavy (non-hydrogen) atoms. The number of hydrogen-bond donors (Lipinski definition) is 1. The summed E-state index contributed by atoms with van der Waals surface area (Å²) in [5.74, 6) is -0.421. The number of rotatable bonds is 3. The number of carbonyl (C=O) groups excluding carboxylic acids is 2. The molecule has 2 rings (SSSR count). The van der Waals surface area contributed by atoms with Gasteiger partial charge in [0.1, 0.15) is 5.69 Å². The van der Waals surface area contributed by atoms with Crippen molar-refractivity contribution in [2.75, 3.05) is 7.05 Å². The Kier molecular flexibility index (Phi) is 3.90. The molecule has 1 aromatic heterocycles. The maximum atomic E-state index is 11.8. The molecule has 0 aliphatic carbocycles. The Morgan fingerprint density at radius 3 is 2.29 bits per heavy atom. The molecule has 0 spiro atoms. The number of nitrogens with one attached hydrogen (secondary N) is 1. The van der Waals surface area contributed by atoms with Crippen LogP contribution in [0.2, 0.25) is 0 Å². The van der Waals surface area contributed by atoms with Gasteiger partial charge in [0.15, 0.2) is 6.29 Å². The molecule has 1 aromatic rings. The minimum absolute atomic E-state index is 0.0692. The standard InChI is InChI=1S/C14H19BN2O4/c1-13(2)14(3,4)21-15(20-13)10-7-6-9(8-18)11(17-10)12(19)16-5/h6-8H,1-5H3,(H,16,19). The number of hydrogen-bond acceptors (Lipinski definition) is 5. The maximum absolute atomic E-state index is 11.8. The average molecular weight is 290 g/mol. The molecule has 1 amide bonds. The second-order valence-electron chi connectivity index (χ2n) is 5.96. The number of aromatic nitrogens is 1. The molecule has 2 heterocycles. The lowest BCUT2D eigenvalue weighted by molar-refractivity contribution is 0.00578. The maximum Gasteiger partial charge on any atom is 0.514 e. The Labute approximate surface area is 124 Å². The van der Waals surface area contributed by atoms with Gasteiger partial charge in [-0.2, -0.15) is 0 Å². The summed E-state index contributed by atoms with van der Waals surface area (Å²) in [5, 5.41) is 2.46. The molecule has 0 radical (unpaired) electrons. The molecular formula is C14H19BN2O4. The number of carbonyl (C=O) groups is 2. The van der Waals surface area contributed by atoms with Crippen molar-refractivity contribution in [3.63, 3.8) is 0 Å². The third-order valence-electron chi connectivity index (χ3n) is 4.01. The minimum atomic E-state index is -0.667. The van der Waals surface area contributed by atoms with Crippen LogP contribution in [0, 0.1) is 0 Å². The first-order valence-corrected chi connectivity index (χ1v) is 6.75. The summed E-state index contributed by atoms with van der Waals surface area (Å²) in [6, 6.07) is 3.18. The average Bonchev–Trinajstić information content (AvgIpc) is 2.66. The first-order chi connectivity index (χ1) is 9.71. The zero-order valence-electron chi connectivity index (χ0n) is 12.9. The molecule has 1 aliphatic heterocycles. The fourth-order valence-corrected chi connectivity index (χ4v) is 1.98. The van der Waals surface area contributed by atoms with Crippen LogP contribution in [0.3, 0.4) is 0 Å². The molecule has 7 heteroatoms. The van der Waals surface area contributed by atoms with Crippen molar-refractivity contribution in [1.29, 1.82) is 0 Å². The van der Waals surface area contributed by atoms with Crippen LogP contribution in [0.4, 0.5) is 0 Å². The van der Waals surface area contributed by atoms with Crippen molar-refractivity contribution in [3.05, 3.63) is 23.4 Å². The highest BCUT2D eigenvalue weighted by Crippen LogP contribution is 2.36. The Hall–Kier alpha value is -1.73. The van der Waals surface area contributed by atoms with E-state index in [1.54, 1.807) is 12.1 Å². The van der Waals surface area contributed by atoms with Crippen LogP contribution < -0.4 is 10.9 Å². The largest absolute Gasteiger partial charge is 0.514 e. The van der Waals surface area contributed by atoms with Gasteiger partial charge >= 0.3 is 7.12 Å². The normalized spacial score (nSPS) is 19.4. The zero-order chi connectivity index (χ0) is 15.8. The molecular weight excluding hydrogens is 271 g/mol. The van der Waals surface area contributed by atoms with E-state index in [9.17, 15) is 9.59 Å². The molecule has 0 unspecified atom stereocenters. The van der Waals surface area contributed by atoms with Gasteiger partial charge < -0.3 is 14.6 Å². The number of aldehydes is 1. The topological polar surface area (TPSA) is 77.5 Å². The molecule has 1 fully saturated rings. The van der Waals surface area contributed by atoms with E-state index in [0.29, 0.717) is 11.9 Å². The third kappa shape index (κ3) is 2.71. The summed E-state index contributed by atoms with van der Waals surface area (Å²) in [6.07, 6.45) is 0.603. The van der Waals surface area contributed by atoms with E-state index >= 15 is 0 Å². The van der Waals surface area contributed by atoms with Crippen molar-refractivity contribution in [2.45, 2.75) is 38.9 Å². The van der Waals surface area contributed by atoms with E-state index < -0.39 is 24.2 Å². The quantitative estimate of drug-likeness (QED) is 0.650. The second kappa shape index (κ2) is 5.24. The van der Waals surface area contributed by atoms with Crippen molar-refractivity contribution < 1.29 is 18.9 Å². The Morgan fingerprint density at radius 1 is 1.24 bits per heavy atom. The summed E-state index contributed by atoms with van der Waals surface area (Å²) < 4.78 is 11.8. The Morgan fingerprint density at radius 2 is 1.81 bits per heavy atom. The predicted octanol–water partition coefficient (Wildman–Crippen LogP) is 0.553. The van der Waals surface area contributed by atoms with E-state index in [0.717, 1.165) is 0 Å². The van der Waals surface area contributed by atoms with Crippen LogP contribution in [-0.2, 0) is 9.31 Å². The van der Waals surface area contributed by atoms with Crippen molar-refractivity contribution in [2.24, 2.45) is 0 Å². The van der Waals surface area contributed by atoms with Crippen LogP contribution in [0.1, 0.15) is 48.5 Å². The third-order valence-corrected chi connectivity index (χ3v) is 4.01. The van der Waals surface area contributed by atoms with Crippen molar-refractivity contribution in [3.8, 4) is 0 Å². The van der Waals surface area contributed by atoms with Gasteiger partial charge in [0.25, 0.3) is 5.91 Å².